The van der Waals surface area contributed by atoms with Crippen molar-refractivity contribution < 1.29 is 9.53 Å². The molecule has 2 atom stereocenters. The lowest BCUT2D eigenvalue weighted by Crippen LogP contribution is -2.58. The molecule has 0 aromatic rings. The zero-order valence-corrected chi connectivity index (χ0v) is 8.49. The molecular formula is C9H15N3O2. The lowest BCUT2D eigenvalue weighted by Gasteiger charge is -2.35. The van der Waals surface area contributed by atoms with Crippen molar-refractivity contribution in [2.75, 3.05) is 13.2 Å². The van der Waals surface area contributed by atoms with Crippen LogP contribution in [0.3, 0.4) is 0 Å². The van der Waals surface area contributed by atoms with Crippen molar-refractivity contribution in [3.8, 4) is 0 Å². The van der Waals surface area contributed by atoms with Gasteiger partial charge in [-0.15, -0.1) is 0 Å². The third-order valence-corrected chi connectivity index (χ3v) is 3.21. The highest BCUT2D eigenvalue weighted by atomic mass is 16.5. The predicted molar refractivity (Wildman–Crippen MR) is 52.2 cm³/mol. The normalized spacial score (nSPS) is 37.0. The van der Waals surface area contributed by atoms with Gasteiger partial charge in [0.1, 0.15) is 11.4 Å². The fraction of sp³-hybridized carbons (Fsp3) is 0.778. The Kier molecular flexibility index (Phi) is 1.99. The van der Waals surface area contributed by atoms with E-state index in [9.17, 15) is 4.79 Å². The number of amides is 2. The van der Waals surface area contributed by atoms with Gasteiger partial charge in [0.15, 0.2) is 0 Å². The maximum Gasteiger partial charge on any atom is 0.346 e. The summed E-state index contributed by atoms with van der Waals surface area (Å²) in [5.41, 5.74) is 5.36. The summed E-state index contributed by atoms with van der Waals surface area (Å²) in [5, 5.41) is 0. The van der Waals surface area contributed by atoms with Crippen molar-refractivity contribution in [3.05, 3.63) is 0 Å². The second kappa shape index (κ2) is 2.95. The van der Waals surface area contributed by atoms with E-state index in [1.807, 2.05) is 13.8 Å². The summed E-state index contributed by atoms with van der Waals surface area (Å²) in [7, 11) is 0. The van der Waals surface area contributed by atoms with E-state index in [4.69, 9.17) is 10.5 Å². The van der Waals surface area contributed by atoms with Gasteiger partial charge in [-0.2, -0.15) is 4.99 Å². The van der Waals surface area contributed by atoms with Gasteiger partial charge in [0.25, 0.3) is 0 Å². The number of nitrogens with zero attached hydrogens (tertiary/aromatic N) is 2. The molecule has 0 saturated carbocycles. The maximum absolute atomic E-state index is 11.5. The van der Waals surface area contributed by atoms with Gasteiger partial charge in [0.05, 0.1) is 6.10 Å². The van der Waals surface area contributed by atoms with Gasteiger partial charge in [-0.3, -0.25) is 0 Å². The summed E-state index contributed by atoms with van der Waals surface area (Å²) in [4.78, 5) is 17.1. The molecule has 0 aromatic heterocycles. The van der Waals surface area contributed by atoms with E-state index in [-0.39, 0.29) is 12.1 Å². The maximum atomic E-state index is 11.5. The Labute approximate surface area is 82.9 Å². The summed E-state index contributed by atoms with van der Waals surface area (Å²) >= 11 is 0. The average molecular weight is 197 g/mol. The third kappa shape index (κ3) is 0.930. The number of carbonyl (C=O) groups is 1. The zero-order valence-electron chi connectivity index (χ0n) is 8.49. The largest absolute Gasteiger partial charge is 0.385 e. The molecule has 2 N–H and O–H groups in total. The minimum absolute atomic E-state index is 0.0577. The van der Waals surface area contributed by atoms with Crippen LogP contribution in [-0.2, 0) is 4.74 Å². The molecular weight excluding hydrogens is 182 g/mol. The lowest BCUT2D eigenvalue weighted by atomic mass is 9.90. The number of ether oxygens (including phenoxy) is 1. The molecule has 0 aromatic carbocycles. The van der Waals surface area contributed by atoms with E-state index < -0.39 is 5.54 Å². The van der Waals surface area contributed by atoms with Crippen LogP contribution in [0.2, 0.25) is 0 Å². The van der Waals surface area contributed by atoms with Crippen molar-refractivity contribution in [2.45, 2.75) is 31.9 Å². The zero-order chi connectivity index (χ0) is 10.3. The molecule has 2 aliphatic heterocycles. The van der Waals surface area contributed by atoms with Crippen molar-refractivity contribution in [3.63, 3.8) is 0 Å². The number of urea groups is 1. The summed E-state index contributed by atoms with van der Waals surface area (Å²) in [5.74, 6) is 0.411. The third-order valence-electron chi connectivity index (χ3n) is 3.21. The first-order chi connectivity index (χ1) is 6.63. The summed E-state index contributed by atoms with van der Waals surface area (Å²) in [6.07, 6.45) is 0.695. The second-order valence-corrected chi connectivity index (χ2v) is 3.71. The van der Waals surface area contributed by atoms with Crippen molar-refractivity contribution in [1.82, 2.24) is 4.90 Å². The monoisotopic (exact) mass is 197 g/mol. The Hall–Kier alpha value is -1.10. The molecule has 5 heteroatoms. The van der Waals surface area contributed by atoms with Crippen LogP contribution in [0.25, 0.3) is 0 Å². The Balaban J connectivity index is 2.41. The van der Waals surface area contributed by atoms with Gasteiger partial charge in [0.2, 0.25) is 0 Å². The Morgan fingerprint density at radius 2 is 2.50 bits per heavy atom. The van der Waals surface area contributed by atoms with Gasteiger partial charge in [-0.25, -0.2) is 4.79 Å². The number of amidine groups is 1. The van der Waals surface area contributed by atoms with Gasteiger partial charge in [0, 0.05) is 19.6 Å². The number of hydrogen-bond acceptors (Lipinski definition) is 3. The van der Waals surface area contributed by atoms with Crippen molar-refractivity contribution >= 4 is 11.9 Å². The molecule has 1 fully saturated rings. The molecule has 2 aliphatic rings. The Morgan fingerprint density at radius 3 is 3.00 bits per heavy atom. The molecule has 1 spiro atoms. The average Bonchev–Trinajstić information content (AvgIpc) is 2.60. The minimum Gasteiger partial charge on any atom is -0.385 e. The summed E-state index contributed by atoms with van der Waals surface area (Å²) < 4.78 is 5.49. The van der Waals surface area contributed by atoms with Gasteiger partial charge >= 0.3 is 6.03 Å². The first-order valence-electron chi connectivity index (χ1n) is 4.90. The van der Waals surface area contributed by atoms with E-state index in [2.05, 4.69) is 4.99 Å². The number of carbonyl (C=O) groups excluding carboxylic acids is 1. The van der Waals surface area contributed by atoms with E-state index in [0.717, 1.165) is 6.42 Å². The number of nitrogens with two attached hydrogens (primary N) is 1. The number of rotatable bonds is 1. The molecule has 14 heavy (non-hydrogen) atoms. The van der Waals surface area contributed by atoms with Crippen LogP contribution in [0, 0.1) is 0 Å². The molecule has 2 unspecified atom stereocenters. The fourth-order valence-corrected chi connectivity index (χ4v) is 2.41. The predicted octanol–water partition coefficient (Wildman–Crippen LogP) is 0.347. The smallest absolute Gasteiger partial charge is 0.346 e. The standard InChI is InChI=1S/C9H15N3O2/c1-3-12-8(13)11-7(10)9(12)4-5-14-6(9)2/h6H,3-5H2,1-2H3,(H2,10,11,13). The molecule has 0 radical (unpaired) electrons. The minimum atomic E-state index is -0.466. The molecule has 78 valence electrons. The van der Waals surface area contributed by atoms with E-state index in [0.29, 0.717) is 19.0 Å². The second-order valence-electron chi connectivity index (χ2n) is 3.71. The van der Waals surface area contributed by atoms with Gasteiger partial charge in [-0.1, -0.05) is 0 Å². The number of hydrogen-bond donors (Lipinski definition) is 1. The van der Waals surface area contributed by atoms with Gasteiger partial charge < -0.3 is 15.4 Å². The van der Waals surface area contributed by atoms with Crippen LogP contribution in [0.5, 0.6) is 0 Å². The Bertz CT molecular complexity index is 302. The first-order valence-corrected chi connectivity index (χ1v) is 4.90. The van der Waals surface area contributed by atoms with Crippen molar-refractivity contribution in [1.29, 1.82) is 0 Å². The van der Waals surface area contributed by atoms with E-state index >= 15 is 0 Å². The quantitative estimate of drug-likeness (QED) is 0.659. The van der Waals surface area contributed by atoms with Crippen LogP contribution >= 0.6 is 0 Å². The molecule has 0 aliphatic carbocycles. The van der Waals surface area contributed by atoms with E-state index in [1.54, 1.807) is 4.90 Å². The molecule has 2 heterocycles. The highest BCUT2D eigenvalue weighted by Gasteiger charge is 2.54. The van der Waals surface area contributed by atoms with Gasteiger partial charge in [-0.05, 0) is 13.8 Å². The molecule has 2 amide bonds. The van der Waals surface area contributed by atoms with Crippen LogP contribution in [-0.4, -0.2) is 41.6 Å². The highest BCUT2D eigenvalue weighted by molar-refractivity contribution is 6.06. The van der Waals surface area contributed by atoms with Crippen LogP contribution in [0.1, 0.15) is 20.3 Å². The van der Waals surface area contributed by atoms with Crippen LogP contribution < -0.4 is 5.73 Å². The SMILES string of the molecule is CCN1C(=O)N=C(N)C12CCOC2C. The highest BCUT2D eigenvalue weighted by Crippen LogP contribution is 2.36. The lowest BCUT2D eigenvalue weighted by molar-refractivity contribution is 0.0705. The first kappa shape index (κ1) is 9.45. The van der Waals surface area contributed by atoms with Crippen LogP contribution in [0.4, 0.5) is 4.79 Å². The topological polar surface area (TPSA) is 67.9 Å². The number of aliphatic imine (C=N–C) groups is 1. The fourth-order valence-electron chi connectivity index (χ4n) is 2.41. The molecule has 5 nitrogen and oxygen atoms in total. The van der Waals surface area contributed by atoms with Crippen LogP contribution in [0.15, 0.2) is 4.99 Å². The Morgan fingerprint density at radius 1 is 1.79 bits per heavy atom. The molecule has 2 rings (SSSR count). The van der Waals surface area contributed by atoms with Crippen molar-refractivity contribution in [2.24, 2.45) is 10.7 Å². The molecule has 0 bridgehead atoms. The summed E-state index contributed by atoms with van der Waals surface area (Å²) in [6.45, 7) is 5.13. The van der Waals surface area contributed by atoms with E-state index in [1.165, 1.54) is 0 Å². The summed E-state index contributed by atoms with van der Waals surface area (Å²) in [6, 6.07) is -0.234. The molecule has 1 saturated heterocycles. The number of likely N-dealkylation sites (N-methyl/N-ethyl adjacent to an activating group) is 1.